The molecule has 1 aromatic carbocycles. The summed E-state index contributed by atoms with van der Waals surface area (Å²) in [5.41, 5.74) is 2.48. The highest BCUT2D eigenvalue weighted by Gasteiger charge is 2.28. The molecule has 4 rings (SSSR count). The van der Waals surface area contributed by atoms with Crippen molar-refractivity contribution >= 4 is 24.2 Å². The molecule has 2 aliphatic rings. The minimum absolute atomic E-state index is 0. The van der Waals surface area contributed by atoms with E-state index in [4.69, 9.17) is 4.74 Å². The minimum Gasteiger partial charge on any atom is -0.438 e. The van der Waals surface area contributed by atoms with Gasteiger partial charge in [0.1, 0.15) is 5.75 Å². The van der Waals surface area contributed by atoms with Crippen LogP contribution in [0.3, 0.4) is 0 Å². The molecular formula is C19H23ClN2OS. The van der Waals surface area contributed by atoms with Gasteiger partial charge in [0.05, 0.1) is 5.25 Å². The van der Waals surface area contributed by atoms with Crippen molar-refractivity contribution in [3.05, 3.63) is 53.7 Å². The number of pyridine rings is 1. The molecule has 3 nitrogen and oxygen atoms in total. The van der Waals surface area contributed by atoms with E-state index in [1.807, 2.05) is 36.2 Å². The van der Waals surface area contributed by atoms with Crippen LogP contribution in [-0.4, -0.2) is 35.3 Å². The molecule has 1 fully saturated rings. The largest absolute Gasteiger partial charge is 0.438 e. The summed E-state index contributed by atoms with van der Waals surface area (Å²) >= 11 is 2.01. The number of hydrogen-bond acceptors (Lipinski definition) is 4. The summed E-state index contributed by atoms with van der Waals surface area (Å²) in [6, 6.07) is 12.5. The van der Waals surface area contributed by atoms with Crippen LogP contribution >= 0.6 is 24.2 Å². The fourth-order valence-electron chi connectivity index (χ4n) is 3.41. The highest BCUT2D eigenvalue weighted by molar-refractivity contribution is 7.99. The lowest BCUT2D eigenvalue weighted by Crippen LogP contribution is -2.31. The Morgan fingerprint density at radius 3 is 2.71 bits per heavy atom. The SMILES string of the molecule is Cl.c1ccc2c(c1)Oc1ncccc1C2SCCN1CCCCC1. The number of rotatable bonds is 4. The van der Waals surface area contributed by atoms with Crippen LogP contribution in [0.25, 0.3) is 0 Å². The molecule has 2 aliphatic heterocycles. The summed E-state index contributed by atoms with van der Waals surface area (Å²) in [4.78, 5) is 7.02. The van der Waals surface area contributed by atoms with Gasteiger partial charge in [-0.1, -0.05) is 30.7 Å². The number of benzene rings is 1. The van der Waals surface area contributed by atoms with Gasteiger partial charge in [0.15, 0.2) is 0 Å². The van der Waals surface area contributed by atoms with Crippen LogP contribution in [0, 0.1) is 0 Å². The molecule has 2 aromatic rings. The number of aromatic nitrogens is 1. The van der Waals surface area contributed by atoms with Crippen molar-refractivity contribution in [3.63, 3.8) is 0 Å². The lowest BCUT2D eigenvalue weighted by molar-refractivity contribution is 0.242. The number of para-hydroxylation sites is 1. The van der Waals surface area contributed by atoms with E-state index < -0.39 is 0 Å². The van der Waals surface area contributed by atoms with Gasteiger partial charge in [0.2, 0.25) is 5.88 Å². The van der Waals surface area contributed by atoms with Crippen LogP contribution in [0.2, 0.25) is 0 Å². The first-order valence-corrected chi connectivity index (χ1v) is 9.52. The van der Waals surface area contributed by atoms with Crippen LogP contribution < -0.4 is 4.74 Å². The Kier molecular flexibility index (Phi) is 6.04. The van der Waals surface area contributed by atoms with Gasteiger partial charge in [0, 0.05) is 29.6 Å². The first-order chi connectivity index (χ1) is 11.4. The average molecular weight is 363 g/mol. The molecule has 0 aliphatic carbocycles. The topological polar surface area (TPSA) is 25.4 Å². The standard InChI is InChI=1S/C19H22N2OS.ClH/c1-4-11-21(12-5-1)13-14-23-18-15-7-2-3-9-17(15)22-19-16(18)8-6-10-20-19;/h2-3,6-10,18H,1,4-5,11-14H2;1H. The van der Waals surface area contributed by atoms with Gasteiger partial charge in [0.25, 0.3) is 0 Å². The summed E-state index contributed by atoms with van der Waals surface area (Å²) in [5, 5.41) is 0.327. The third-order valence-corrected chi connectivity index (χ3v) is 5.89. The van der Waals surface area contributed by atoms with Crippen LogP contribution in [-0.2, 0) is 0 Å². The number of ether oxygens (including phenoxy) is 1. The second kappa shape index (κ2) is 8.24. The number of nitrogens with zero attached hydrogens (tertiary/aromatic N) is 2. The monoisotopic (exact) mass is 362 g/mol. The molecule has 1 unspecified atom stereocenters. The fourth-order valence-corrected chi connectivity index (χ4v) is 4.74. The van der Waals surface area contributed by atoms with Crippen molar-refractivity contribution in [1.82, 2.24) is 9.88 Å². The lowest BCUT2D eigenvalue weighted by atomic mass is 10.0. The Labute approximate surface area is 154 Å². The van der Waals surface area contributed by atoms with Crippen molar-refractivity contribution in [2.24, 2.45) is 0 Å². The molecule has 0 saturated carbocycles. The predicted molar refractivity (Wildman–Crippen MR) is 103 cm³/mol. The highest BCUT2D eigenvalue weighted by atomic mass is 35.5. The third-order valence-electron chi connectivity index (χ3n) is 4.63. The van der Waals surface area contributed by atoms with E-state index in [1.54, 1.807) is 0 Å². The smallest absolute Gasteiger partial charge is 0.223 e. The summed E-state index contributed by atoms with van der Waals surface area (Å²) in [7, 11) is 0. The predicted octanol–water partition coefficient (Wildman–Crippen LogP) is 4.92. The third kappa shape index (κ3) is 3.71. The summed E-state index contributed by atoms with van der Waals surface area (Å²) in [6.07, 6.45) is 5.92. The zero-order chi connectivity index (χ0) is 15.5. The lowest BCUT2D eigenvalue weighted by Gasteiger charge is -2.29. The zero-order valence-corrected chi connectivity index (χ0v) is 15.3. The van der Waals surface area contributed by atoms with Gasteiger partial charge < -0.3 is 9.64 Å². The quantitative estimate of drug-likeness (QED) is 0.771. The van der Waals surface area contributed by atoms with Crippen molar-refractivity contribution in [2.75, 3.05) is 25.4 Å². The normalized spacial score (nSPS) is 19.6. The molecule has 5 heteroatoms. The number of hydrogen-bond donors (Lipinski definition) is 0. The van der Waals surface area contributed by atoms with E-state index >= 15 is 0 Å². The maximum atomic E-state index is 5.97. The van der Waals surface area contributed by atoms with E-state index in [2.05, 4.69) is 28.1 Å². The number of likely N-dealkylation sites (tertiary alicyclic amines) is 1. The van der Waals surface area contributed by atoms with Gasteiger partial charge in [-0.2, -0.15) is 0 Å². The second-order valence-corrected chi connectivity index (χ2v) is 7.40. The van der Waals surface area contributed by atoms with E-state index in [0.717, 1.165) is 17.4 Å². The number of halogens is 1. The molecule has 3 heterocycles. The van der Waals surface area contributed by atoms with E-state index in [-0.39, 0.29) is 12.4 Å². The molecule has 1 atom stereocenters. The average Bonchev–Trinajstić information content (AvgIpc) is 2.62. The van der Waals surface area contributed by atoms with Gasteiger partial charge in [-0.25, -0.2) is 4.98 Å². The maximum absolute atomic E-state index is 5.97. The molecule has 1 aromatic heterocycles. The first kappa shape index (κ1) is 17.6. The van der Waals surface area contributed by atoms with Gasteiger partial charge in [-0.15, -0.1) is 24.2 Å². The molecule has 0 amide bonds. The second-order valence-electron chi connectivity index (χ2n) is 6.19. The molecule has 1 saturated heterocycles. The molecule has 0 bridgehead atoms. The first-order valence-electron chi connectivity index (χ1n) is 8.47. The van der Waals surface area contributed by atoms with Crippen molar-refractivity contribution in [3.8, 4) is 11.6 Å². The number of piperidine rings is 1. The fraction of sp³-hybridized carbons (Fsp3) is 0.421. The molecule has 0 spiro atoms. The Morgan fingerprint density at radius 2 is 1.83 bits per heavy atom. The molecule has 24 heavy (non-hydrogen) atoms. The zero-order valence-electron chi connectivity index (χ0n) is 13.7. The molecule has 128 valence electrons. The van der Waals surface area contributed by atoms with Crippen molar-refractivity contribution in [1.29, 1.82) is 0 Å². The summed E-state index contributed by atoms with van der Waals surface area (Å²) in [5.74, 6) is 2.86. The number of fused-ring (bicyclic) bond motifs is 2. The van der Waals surface area contributed by atoms with Crippen molar-refractivity contribution in [2.45, 2.75) is 24.5 Å². The van der Waals surface area contributed by atoms with Crippen LogP contribution in [0.5, 0.6) is 11.6 Å². The van der Waals surface area contributed by atoms with Crippen LogP contribution in [0.1, 0.15) is 35.6 Å². The van der Waals surface area contributed by atoms with E-state index in [1.165, 1.54) is 50.0 Å². The van der Waals surface area contributed by atoms with E-state index in [9.17, 15) is 0 Å². The molecule has 0 radical (unpaired) electrons. The Morgan fingerprint density at radius 1 is 1.04 bits per heavy atom. The van der Waals surface area contributed by atoms with Crippen LogP contribution in [0.4, 0.5) is 0 Å². The summed E-state index contributed by atoms with van der Waals surface area (Å²) < 4.78 is 5.97. The summed E-state index contributed by atoms with van der Waals surface area (Å²) in [6.45, 7) is 3.71. The van der Waals surface area contributed by atoms with Crippen molar-refractivity contribution < 1.29 is 4.74 Å². The number of thioether (sulfide) groups is 1. The Balaban J connectivity index is 0.00000169. The minimum atomic E-state index is 0. The van der Waals surface area contributed by atoms with Crippen LogP contribution in [0.15, 0.2) is 42.6 Å². The highest BCUT2D eigenvalue weighted by Crippen LogP contribution is 2.48. The van der Waals surface area contributed by atoms with Gasteiger partial charge in [-0.3, -0.25) is 0 Å². The Hall–Kier alpha value is -1.23. The van der Waals surface area contributed by atoms with Gasteiger partial charge in [-0.05, 0) is 38.1 Å². The Bertz CT molecular complexity index is 630. The molecule has 0 N–H and O–H groups in total. The van der Waals surface area contributed by atoms with E-state index in [0.29, 0.717) is 5.25 Å². The molecular weight excluding hydrogens is 340 g/mol. The van der Waals surface area contributed by atoms with Gasteiger partial charge >= 0.3 is 0 Å². The maximum Gasteiger partial charge on any atom is 0.223 e.